The van der Waals surface area contributed by atoms with E-state index in [4.69, 9.17) is 0 Å². The topological polar surface area (TPSA) is 3.24 Å². The minimum Gasteiger partial charge on any atom is -0.306 e. The SMILES string of the molecule is CC(C1CS1)N(C)C. The van der Waals surface area contributed by atoms with Crippen molar-refractivity contribution in [3.05, 3.63) is 0 Å². The summed E-state index contributed by atoms with van der Waals surface area (Å²) in [7, 11) is 4.28. The summed E-state index contributed by atoms with van der Waals surface area (Å²) in [4.78, 5) is 2.28. The van der Waals surface area contributed by atoms with E-state index >= 15 is 0 Å². The van der Waals surface area contributed by atoms with Crippen molar-refractivity contribution < 1.29 is 0 Å². The Morgan fingerprint density at radius 3 is 2.25 bits per heavy atom. The highest BCUT2D eigenvalue weighted by Gasteiger charge is 2.29. The van der Waals surface area contributed by atoms with E-state index in [0.29, 0.717) is 0 Å². The predicted octanol–water partition coefficient (Wildman–Crippen LogP) is 1.05. The van der Waals surface area contributed by atoms with Crippen LogP contribution in [0.2, 0.25) is 0 Å². The maximum atomic E-state index is 2.28. The van der Waals surface area contributed by atoms with Gasteiger partial charge in [0.2, 0.25) is 0 Å². The van der Waals surface area contributed by atoms with Crippen LogP contribution < -0.4 is 0 Å². The molecule has 1 fully saturated rings. The monoisotopic (exact) mass is 131 g/mol. The number of hydrogen-bond donors (Lipinski definition) is 0. The Labute approximate surface area is 55.4 Å². The lowest BCUT2D eigenvalue weighted by Crippen LogP contribution is -2.28. The molecular weight excluding hydrogens is 118 g/mol. The maximum Gasteiger partial charge on any atom is 0.0291 e. The Morgan fingerprint density at radius 1 is 1.62 bits per heavy atom. The fourth-order valence-electron chi connectivity index (χ4n) is 0.667. The van der Waals surface area contributed by atoms with Crippen molar-refractivity contribution in [2.75, 3.05) is 19.8 Å². The minimum atomic E-state index is 0.778. The Kier molecular flexibility index (Phi) is 1.83. The minimum absolute atomic E-state index is 0.778. The molecular formula is C6H13NS. The summed E-state index contributed by atoms with van der Waals surface area (Å²) < 4.78 is 0. The van der Waals surface area contributed by atoms with Crippen molar-refractivity contribution in [1.82, 2.24) is 4.90 Å². The van der Waals surface area contributed by atoms with Crippen molar-refractivity contribution >= 4 is 11.8 Å². The Hall–Kier alpha value is 0.310. The summed E-state index contributed by atoms with van der Waals surface area (Å²) in [6.07, 6.45) is 0. The largest absolute Gasteiger partial charge is 0.306 e. The standard InChI is InChI=1S/C6H13NS/c1-5(7(2)3)6-4-8-6/h5-6H,4H2,1-3H3. The van der Waals surface area contributed by atoms with Crippen LogP contribution in [0.3, 0.4) is 0 Å². The zero-order chi connectivity index (χ0) is 6.15. The molecule has 0 radical (unpaired) electrons. The zero-order valence-electron chi connectivity index (χ0n) is 5.72. The zero-order valence-corrected chi connectivity index (χ0v) is 6.53. The Balaban J connectivity index is 2.22. The van der Waals surface area contributed by atoms with Gasteiger partial charge in [-0.25, -0.2) is 0 Å². The van der Waals surface area contributed by atoms with Gasteiger partial charge in [-0.3, -0.25) is 0 Å². The van der Waals surface area contributed by atoms with Crippen molar-refractivity contribution in [2.24, 2.45) is 0 Å². The molecule has 0 bridgehead atoms. The summed E-state index contributed by atoms with van der Waals surface area (Å²) in [5, 5.41) is 0.935. The molecule has 0 spiro atoms. The van der Waals surface area contributed by atoms with E-state index < -0.39 is 0 Å². The Morgan fingerprint density at radius 2 is 2.12 bits per heavy atom. The van der Waals surface area contributed by atoms with Crippen molar-refractivity contribution in [1.29, 1.82) is 0 Å². The van der Waals surface area contributed by atoms with E-state index in [-0.39, 0.29) is 0 Å². The number of hydrogen-bond acceptors (Lipinski definition) is 2. The molecule has 1 nitrogen and oxygen atoms in total. The van der Waals surface area contributed by atoms with Gasteiger partial charge in [-0.1, -0.05) is 0 Å². The van der Waals surface area contributed by atoms with Crippen LogP contribution in [0, 0.1) is 0 Å². The fraction of sp³-hybridized carbons (Fsp3) is 1.00. The van der Waals surface area contributed by atoms with Gasteiger partial charge >= 0.3 is 0 Å². The molecule has 0 aromatic rings. The number of rotatable bonds is 2. The maximum absolute atomic E-state index is 2.28. The second-order valence-electron chi connectivity index (χ2n) is 2.58. The van der Waals surface area contributed by atoms with Crippen molar-refractivity contribution in [3.63, 3.8) is 0 Å². The summed E-state index contributed by atoms with van der Waals surface area (Å²) >= 11 is 2.06. The van der Waals surface area contributed by atoms with Gasteiger partial charge in [-0.05, 0) is 21.0 Å². The van der Waals surface area contributed by atoms with Gasteiger partial charge in [-0.2, -0.15) is 11.8 Å². The second kappa shape index (κ2) is 2.28. The molecule has 1 aliphatic heterocycles. The summed E-state index contributed by atoms with van der Waals surface area (Å²) in [5.74, 6) is 1.37. The van der Waals surface area contributed by atoms with Gasteiger partial charge in [0.25, 0.3) is 0 Å². The first-order chi connectivity index (χ1) is 3.72. The average molecular weight is 131 g/mol. The van der Waals surface area contributed by atoms with Crippen molar-refractivity contribution in [3.8, 4) is 0 Å². The lowest BCUT2D eigenvalue weighted by atomic mass is 10.2. The molecule has 1 rings (SSSR count). The predicted molar refractivity (Wildman–Crippen MR) is 39.4 cm³/mol. The van der Waals surface area contributed by atoms with Crippen LogP contribution in [0.4, 0.5) is 0 Å². The lowest BCUT2D eigenvalue weighted by Gasteiger charge is -2.17. The third-order valence-corrected chi connectivity index (χ3v) is 2.82. The van der Waals surface area contributed by atoms with Crippen LogP contribution in [-0.2, 0) is 0 Å². The van der Waals surface area contributed by atoms with E-state index in [1.807, 2.05) is 0 Å². The normalized spacial score (nSPS) is 30.8. The molecule has 2 atom stereocenters. The Bertz CT molecular complexity index is 76.6. The third kappa shape index (κ3) is 1.39. The molecule has 0 saturated carbocycles. The van der Waals surface area contributed by atoms with E-state index in [9.17, 15) is 0 Å². The highest BCUT2D eigenvalue weighted by Crippen LogP contribution is 2.34. The van der Waals surface area contributed by atoms with Crippen LogP contribution in [0.1, 0.15) is 6.92 Å². The molecule has 0 aromatic carbocycles. The van der Waals surface area contributed by atoms with Crippen LogP contribution in [-0.4, -0.2) is 36.0 Å². The number of nitrogens with zero attached hydrogens (tertiary/aromatic N) is 1. The highest BCUT2D eigenvalue weighted by atomic mass is 32.2. The molecule has 8 heavy (non-hydrogen) atoms. The third-order valence-electron chi connectivity index (χ3n) is 1.71. The molecule has 2 unspecified atom stereocenters. The van der Waals surface area contributed by atoms with E-state index in [1.165, 1.54) is 5.75 Å². The summed E-state index contributed by atoms with van der Waals surface area (Å²) in [6.45, 7) is 2.28. The van der Waals surface area contributed by atoms with Crippen LogP contribution >= 0.6 is 11.8 Å². The molecule has 48 valence electrons. The van der Waals surface area contributed by atoms with Gasteiger partial charge in [0, 0.05) is 17.0 Å². The lowest BCUT2D eigenvalue weighted by molar-refractivity contribution is 0.322. The van der Waals surface area contributed by atoms with E-state index in [1.54, 1.807) is 0 Å². The molecule has 1 aliphatic rings. The second-order valence-corrected chi connectivity index (χ2v) is 3.85. The molecule has 0 N–H and O–H groups in total. The fourth-order valence-corrected chi connectivity index (χ4v) is 1.58. The van der Waals surface area contributed by atoms with Gasteiger partial charge < -0.3 is 4.90 Å². The number of thioether (sulfide) groups is 1. The summed E-state index contributed by atoms with van der Waals surface area (Å²) in [5.41, 5.74) is 0. The van der Waals surface area contributed by atoms with Crippen LogP contribution in [0.15, 0.2) is 0 Å². The molecule has 0 aromatic heterocycles. The molecule has 0 aliphatic carbocycles. The van der Waals surface area contributed by atoms with Gasteiger partial charge in [0.1, 0.15) is 0 Å². The molecule has 2 heteroatoms. The van der Waals surface area contributed by atoms with Gasteiger partial charge in [-0.15, -0.1) is 0 Å². The van der Waals surface area contributed by atoms with Gasteiger partial charge in [0.05, 0.1) is 0 Å². The smallest absolute Gasteiger partial charge is 0.0291 e. The van der Waals surface area contributed by atoms with Crippen LogP contribution in [0.25, 0.3) is 0 Å². The first-order valence-electron chi connectivity index (χ1n) is 3.00. The molecule has 0 amide bonds. The van der Waals surface area contributed by atoms with Crippen molar-refractivity contribution in [2.45, 2.75) is 18.2 Å². The molecule has 1 heterocycles. The van der Waals surface area contributed by atoms with E-state index in [0.717, 1.165) is 11.3 Å². The highest BCUT2D eigenvalue weighted by molar-refractivity contribution is 8.06. The van der Waals surface area contributed by atoms with E-state index in [2.05, 4.69) is 37.7 Å². The van der Waals surface area contributed by atoms with Crippen LogP contribution in [0.5, 0.6) is 0 Å². The first kappa shape index (κ1) is 6.43. The summed E-state index contributed by atoms with van der Waals surface area (Å²) in [6, 6.07) is 0.778. The van der Waals surface area contributed by atoms with Gasteiger partial charge in [0.15, 0.2) is 0 Å². The first-order valence-corrected chi connectivity index (χ1v) is 4.04. The quantitative estimate of drug-likeness (QED) is 0.515. The molecule has 1 saturated heterocycles. The average Bonchev–Trinajstić information content (AvgIpc) is 2.43.